The highest BCUT2D eigenvalue weighted by Crippen LogP contribution is 2.25. The van der Waals surface area contributed by atoms with Crippen LogP contribution in [0.15, 0.2) is 24.3 Å². The Morgan fingerprint density at radius 3 is 2.62 bits per heavy atom. The van der Waals surface area contributed by atoms with Gasteiger partial charge in [-0.2, -0.15) is 0 Å². The smallest absolute Gasteiger partial charge is 0.216 e. The third-order valence-electron chi connectivity index (χ3n) is 4.12. The first-order chi connectivity index (χ1) is 10.1. The Morgan fingerprint density at radius 2 is 2.00 bits per heavy atom. The second-order valence-electron chi connectivity index (χ2n) is 5.79. The molecule has 1 fully saturated rings. The number of rotatable bonds is 6. The first-order valence-electron chi connectivity index (χ1n) is 7.39. The van der Waals surface area contributed by atoms with Gasteiger partial charge in [0.1, 0.15) is 5.75 Å². The highest BCUT2D eigenvalue weighted by atomic mass is 127. The number of aromatic hydroxyl groups is 1. The molecular formula is C16H23IN2O2. The lowest BCUT2D eigenvalue weighted by Gasteiger charge is -2.16. The molecule has 1 amide bonds. The number of benzene rings is 1. The fourth-order valence-electron chi connectivity index (χ4n) is 2.85. The van der Waals surface area contributed by atoms with Gasteiger partial charge < -0.3 is 15.3 Å². The van der Waals surface area contributed by atoms with Crippen molar-refractivity contribution in [2.45, 2.75) is 13.3 Å². The van der Waals surface area contributed by atoms with Gasteiger partial charge in [-0.3, -0.25) is 4.79 Å². The molecule has 2 rings (SSSR count). The average Bonchev–Trinajstić information content (AvgIpc) is 2.87. The number of carbonyl (C=O) groups excluding carboxylic acids is 1. The van der Waals surface area contributed by atoms with E-state index in [1.54, 1.807) is 19.1 Å². The molecule has 0 saturated carbocycles. The van der Waals surface area contributed by atoms with Crippen molar-refractivity contribution in [1.29, 1.82) is 0 Å². The van der Waals surface area contributed by atoms with Crippen LogP contribution in [0.25, 0.3) is 0 Å². The average molecular weight is 402 g/mol. The summed E-state index contributed by atoms with van der Waals surface area (Å²) in [5.74, 6) is 1.60. The second kappa shape index (κ2) is 7.98. The van der Waals surface area contributed by atoms with E-state index in [0.29, 0.717) is 17.6 Å². The number of hydrogen-bond donors (Lipinski definition) is 2. The van der Waals surface area contributed by atoms with Crippen LogP contribution in [-0.4, -0.2) is 46.5 Å². The Labute approximate surface area is 140 Å². The molecule has 2 atom stereocenters. The lowest BCUT2D eigenvalue weighted by molar-refractivity contribution is -0.119. The number of carbonyl (C=O) groups is 1. The molecule has 21 heavy (non-hydrogen) atoms. The Kier molecular flexibility index (Phi) is 6.29. The third-order valence-corrected chi connectivity index (χ3v) is 5.25. The first-order valence-corrected chi connectivity index (χ1v) is 8.91. The number of hydrogen-bond acceptors (Lipinski definition) is 3. The maximum absolute atomic E-state index is 11.1. The SMILES string of the molecule is CC(=O)NCC1CN(CCc2ccc(O)cc2)CC1CI. The van der Waals surface area contributed by atoms with E-state index in [4.69, 9.17) is 0 Å². The zero-order valence-corrected chi connectivity index (χ0v) is 14.5. The molecule has 0 bridgehead atoms. The van der Waals surface area contributed by atoms with E-state index in [2.05, 4.69) is 32.8 Å². The standard InChI is InChI=1S/C16H23IN2O2/c1-12(20)18-9-15-11-19(10-14(15)8-17)7-6-13-2-4-16(21)5-3-13/h2-5,14-15,21H,6-11H2,1H3,(H,18,20). The zero-order valence-electron chi connectivity index (χ0n) is 12.4. The van der Waals surface area contributed by atoms with Gasteiger partial charge >= 0.3 is 0 Å². The number of phenols is 1. The number of halogens is 1. The van der Waals surface area contributed by atoms with E-state index in [0.717, 1.165) is 37.0 Å². The van der Waals surface area contributed by atoms with Gasteiger partial charge in [0, 0.05) is 37.5 Å². The summed E-state index contributed by atoms with van der Waals surface area (Å²) in [7, 11) is 0. The summed E-state index contributed by atoms with van der Waals surface area (Å²) in [5.41, 5.74) is 1.25. The quantitative estimate of drug-likeness (QED) is 0.566. The maximum atomic E-state index is 11.1. The maximum Gasteiger partial charge on any atom is 0.216 e. The van der Waals surface area contributed by atoms with Crippen molar-refractivity contribution in [1.82, 2.24) is 10.2 Å². The van der Waals surface area contributed by atoms with Crippen LogP contribution in [0, 0.1) is 11.8 Å². The van der Waals surface area contributed by atoms with Crippen LogP contribution in [0.2, 0.25) is 0 Å². The van der Waals surface area contributed by atoms with E-state index < -0.39 is 0 Å². The van der Waals surface area contributed by atoms with Crippen LogP contribution < -0.4 is 5.32 Å². The Hall–Kier alpha value is -0.820. The molecule has 0 radical (unpaired) electrons. The molecule has 5 heteroatoms. The number of likely N-dealkylation sites (tertiary alicyclic amines) is 1. The van der Waals surface area contributed by atoms with Crippen LogP contribution in [0.4, 0.5) is 0 Å². The fourth-order valence-corrected chi connectivity index (χ4v) is 3.85. The van der Waals surface area contributed by atoms with Crippen molar-refractivity contribution < 1.29 is 9.90 Å². The highest BCUT2D eigenvalue weighted by molar-refractivity contribution is 14.1. The van der Waals surface area contributed by atoms with Crippen LogP contribution >= 0.6 is 22.6 Å². The van der Waals surface area contributed by atoms with Crippen molar-refractivity contribution in [3.63, 3.8) is 0 Å². The fraction of sp³-hybridized carbons (Fsp3) is 0.562. The molecule has 1 heterocycles. The Morgan fingerprint density at radius 1 is 1.33 bits per heavy atom. The summed E-state index contributed by atoms with van der Waals surface area (Å²) in [6.45, 7) is 5.58. The molecule has 1 aromatic rings. The minimum absolute atomic E-state index is 0.0600. The van der Waals surface area contributed by atoms with E-state index in [9.17, 15) is 9.90 Å². The van der Waals surface area contributed by atoms with Crippen LogP contribution in [-0.2, 0) is 11.2 Å². The summed E-state index contributed by atoms with van der Waals surface area (Å²) in [6, 6.07) is 7.45. The molecule has 2 unspecified atom stereocenters. The van der Waals surface area contributed by atoms with Crippen LogP contribution in [0.1, 0.15) is 12.5 Å². The van der Waals surface area contributed by atoms with Crippen LogP contribution in [0.5, 0.6) is 5.75 Å². The Bertz CT molecular complexity index is 464. The van der Waals surface area contributed by atoms with Crippen molar-refractivity contribution >= 4 is 28.5 Å². The normalized spacial score (nSPS) is 22.4. The Balaban J connectivity index is 1.81. The van der Waals surface area contributed by atoms with Crippen LogP contribution in [0.3, 0.4) is 0 Å². The molecule has 0 aliphatic carbocycles. The van der Waals surface area contributed by atoms with Crippen molar-refractivity contribution in [3.8, 4) is 5.75 Å². The van der Waals surface area contributed by atoms with E-state index >= 15 is 0 Å². The molecule has 0 aromatic heterocycles. The molecule has 2 N–H and O–H groups in total. The number of phenolic OH excluding ortho intramolecular Hbond substituents is 1. The van der Waals surface area contributed by atoms with E-state index in [-0.39, 0.29) is 5.91 Å². The number of amides is 1. The van der Waals surface area contributed by atoms with E-state index in [1.807, 2.05) is 12.1 Å². The molecule has 4 nitrogen and oxygen atoms in total. The van der Waals surface area contributed by atoms with Crippen molar-refractivity contribution in [2.75, 3.05) is 30.6 Å². The zero-order chi connectivity index (χ0) is 15.2. The minimum atomic E-state index is 0.0600. The third kappa shape index (κ3) is 5.14. The predicted octanol–water partition coefficient (Wildman–Crippen LogP) is 2.05. The number of nitrogens with zero attached hydrogens (tertiary/aromatic N) is 1. The second-order valence-corrected chi connectivity index (χ2v) is 6.67. The number of alkyl halides is 1. The topological polar surface area (TPSA) is 52.6 Å². The first kappa shape index (κ1) is 16.5. The van der Waals surface area contributed by atoms with Crippen molar-refractivity contribution in [3.05, 3.63) is 29.8 Å². The lowest BCUT2D eigenvalue weighted by Crippen LogP contribution is -2.31. The molecule has 1 aliphatic heterocycles. The number of nitrogens with one attached hydrogen (secondary N) is 1. The molecule has 0 spiro atoms. The van der Waals surface area contributed by atoms with E-state index in [1.165, 1.54) is 5.56 Å². The summed E-state index contributed by atoms with van der Waals surface area (Å²) in [4.78, 5) is 13.6. The van der Waals surface area contributed by atoms with Gasteiger partial charge in [0.2, 0.25) is 5.91 Å². The lowest BCUT2D eigenvalue weighted by atomic mass is 9.98. The molecule has 1 saturated heterocycles. The monoisotopic (exact) mass is 402 g/mol. The highest BCUT2D eigenvalue weighted by Gasteiger charge is 2.31. The van der Waals surface area contributed by atoms with Gasteiger partial charge in [-0.05, 0) is 36.0 Å². The van der Waals surface area contributed by atoms with Gasteiger partial charge in [-0.25, -0.2) is 0 Å². The van der Waals surface area contributed by atoms with Gasteiger partial charge in [-0.1, -0.05) is 34.7 Å². The van der Waals surface area contributed by atoms with Gasteiger partial charge in [0.05, 0.1) is 0 Å². The summed E-state index contributed by atoms with van der Waals surface area (Å²) < 4.78 is 1.14. The van der Waals surface area contributed by atoms with Crippen molar-refractivity contribution in [2.24, 2.45) is 11.8 Å². The van der Waals surface area contributed by atoms with Gasteiger partial charge in [-0.15, -0.1) is 0 Å². The molecular weight excluding hydrogens is 379 g/mol. The van der Waals surface area contributed by atoms with Gasteiger partial charge in [0.25, 0.3) is 0 Å². The predicted molar refractivity (Wildman–Crippen MR) is 92.8 cm³/mol. The largest absolute Gasteiger partial charge is 0.508 e. The molecule has 116 valence electrons. The van der Waals surface area contributed by atoms with Gasteiger partial charge in [0.15, 0.2) is 0 Å². The minimum Gasteiger partial charge on any atom is -0.508 e. The molecule has 1 aromatic carbocycles. The summed E-state index contributed by atoms with van der Waals surface area (Å²) in [5, 5.41) is 12.3. The molecule has 1 aliphatic rings. The summed E-state index contributed by atoms with van der Waals surface area (Å²) in [6.07, 6.45) is 1.00. The summed E-state index contributed by atoms with van der Waals surface area (Å²) >= 11 is 2.45.